The van der Waals surface area contributed by atoms with Crippen molar-refractivity contribution >= 4 is 0 Å². The minimum atomic E-state index is -3.70. The van der Waals surface area contributed by atoms with Gasteiger partial charge in [-0.2, -0.15) is 0 Å². The Bertz CT molecular complexity index is 31.8. The Balaban J connectivity index is -0.0000000450. The Morgan fingerprint density at radius 1 is 1.17 bits per heavy atom. The molecule has 0 amide bonds. The van der Waals surface area contributed by atoms with Gasteiger partial charge in [0.2, 0.25) is 0 Å². The van der Waals surface area contributed by atoms with Crippen molar-refractivity contribution in [1.82, 2.24) is 0 Å². The summed E-state index contributed by atoms with van der Waals surface area (Å²) in [7, 11) is 0. The van der Waals surface area contributed by atoms with E-state index in [1.807, 2.05) is 0 Å². The number of hydrogen-bond donors (Lipinski definition) is 2. The molecule has 0 fully saturated rings. The van der Waals surface area contributed by atoms with Gasteiger partial charge in [0.05, 0.1) is 0 Å². The number of hydrogen-bond acceptors (Lipinski definition) is 1. The fraction of sp³-hybridized carbons (Fsp3) is 0. The monoisotopic (exact) mass is 173 g/mol. The Kier molecular flexibility index (Phi) is 24.3. The molecule has 0 aromatic rings. The van der Waals surface area contributed by atoms with Gasteiger partial charge in [-0.15, -0.1) is 0 Å². The van der Waals surface area contributed by atoms with Gasteiger partial charge in [0.15, 0.2) is 0 Å². The van der Waals surface area contributed by atoms with E-state index in [2.05, 4.69) is 0 Å². The Morgan fingerprint density at radius 3 is 1.17 bits per heavy atom. The maximum absolute atomic E-state index is 8.82. The van der Waals surface area contributed by atoms with E-state index < -0.39 is 19.2 Å². The summed E-state index contributed by atoms with van der Waals surface area (Å²) in [6.07, 6.45) is 0. The van der Waals surface area contributed by atoms with Crippen molar-refractivity contribution in [2.75, 3.05) is 0 Å². The van der Waals surface area contributed by atoms with E-state index in [4.69, 9.17) is 10.5 Å². The van der Waals surface area contributed by atoms with Crippen molar-refractivity contribution in [2.45, 2.75) is 0 Å². The van der Waals surface area contributed by atoms with Gasteiger partial charge in [-0.3, -0.25) is 0 Å². The standard InChI is InChI=1S/2CH3.Nb.2H2O.O/h2*1H3;;2*1H2;/q2*-1;+2;;;/p-2. The van der Waals surface area contributed by atoms with Crippen LogP contribution in [-0.4, -0.2) is 7.23 Å². The summed E-state index contributed by atoms with van der Waals surface area (Å²) < 4.78 is 23.3. The Labute approximate surface area is 45.1 Å². The van der Waals surface area contributed by atoms with E-state index in [0.717, 1.165) is 0 Å². The summed E-state index contributed by atoms with van der Waals surface area (Å²) in [6, 6.07) is 0. The van der Waals surface area contributed by atoms with Crippen molar-refractivity contribution in [3.8, 4) is 0 Å². The Hall–Kier alpha value is 0.460. The first-order valence-corrected chi connectivity index (χ1v) is 3.45. The zero-order chi connectivity index (χ0) is 3.58. The van der Waals surface area contributed by atoms with Crippen LogP contribution in [0.4, 0.5) is 0 Å². The van der Waals surface area contributed by atoms with Crippen molar-refractivity contribution < 1.29 is 29.7 Å². The predicted octanol–water partition coefficient (Wildman–Crippen LogP) is -0.335. The van der Waals surface area contributed by atoms with E-state index in [0.29, 0.717) is 0 Å². The van der Waals surface area contributed by atoms with Gasteiger partial charge >= 0.3 is 29.7 Å². The molecule has 0 bridgehead atoms. The average molecular weight is 173 g/mol. The van der Waals surface area contributed by atoms with E-state index in [1.165, 1.54) is 0 Å². The summed E-state index contributed by atoms with van der Waals surface area (Å²) in [4.78, 5) is 0. The van der Waals surface area contributed by atoms with Crippen LogP contribution in [0.15, 0.2) is 0 Å². The zero-order valence-corrected chi connectivity index (χ0v) is 5.95. The van der Waals surface area contributed by atoms with Crippen LogP contribution in [0.5, 0.6) is 0 Å². The zero-order valence-electron chi connectivity index (χ0n) is 3.75. The van der Waals surface area contributed by atoms with Gasteiger partial charge in [0.1, 0.15) is 0 Å². The van der Waals surface area contributed by atoms with E-state index >= 15 is 0 Å². The quantitative estimate of drug-likeness (QED) is 0.389. The summed E-state index contributed by atoms with van der Waals surface area (Å²) in [5.74, 6) is 0. The molecule has 0 aliphatic carbocycles. The summed E-state index contributed by atoms with van der Waals surface area (Å²) in [6.45, 7) is 0. The normalized spacial score (nSPS) is 4.33. The first-order chi connectivity index (χ1) is 1.73. The van der Waals surface area contributed by atoms with Crippen LogP contribution in [0.2, 0.25) is 0 Å². The molecule has 0 aliphatic rings. The molecule has 0 rings (SSSR count). The molecule has 0 atom stereocenters. The van der Waals surface area contributed by atoms with E-state index in [-0.39, 0.29) is 14.9 Å². The fourth-order valence-electron chi connectivity index (χ4n) is 0. The minimum absolute atomic E-state index is 0. The van der Waals surface area contributed by atoms with E-state index in [9.17, 15) is 0 Å². The molecule has 41 valence electrons. The van der Waals surface area contributed by atoms with Crippen molar-refractivity contribution in [2.24, 2.45) is 0 Å². The van der Waals surface area contributed by atoms with Crippen LogP contribution >= 0.6 is 0 Å². The number of rotatable bonds is 0. The topological polar surface area (TPSA) is 57.5 Å². The molecule has 0 saturated carbocycles. The van der Waals surface area contributed by atoms with Crippen molar-refractivity contribution in [3.63, 3.8) is 0 Å². The first-order valence-electron chi connectivity index (χ1n) is 0.583. The van der Waals surface area contributed by atoms with Crippen LogP contribution in [-0.2, 0) is 22.5 Å². The molecule has 0 aromatic heterocycles. The van der Waals surface area contributed by atoms with Gasteiger partial charge in [-0.05, 0) is 0 Å². The molecule has 3 nitrogen and oxygen atoms in total. The molecule has 0 unspecified atom stereocenters. The predicted molar refractivity (Wildman–Crippen MR) is 18.0 cm³/mol. The van der Waals surface area contributed by atoms with Crippen molar-refractivity contribution in [1.29, 1.82) is 0 Å². The average Bonchev–Trinajstić information content (AvgIpc) is 0.811. The van der Waals surface area contributed by atoms with Gasteiger partial charge < -0.3 is 14.9 Å². The third kappa shape index (κ3) is 252. The Morgan fingerprint density at radius 2 is 1.17 bits per heavy atom. The van der Waals surface area contributed by atoms with Crippen LogP contribution < -0.4 is 0 Å². The van der Waals surface area contributed by atoms with Gasteiger partial charge in [-0.1, -0.05) is 0 Å². The fourth-order valence-corrected chi connectivity index (χ4v) is 0. The van der Waals surface area contributed by atoms with Crippen LogP contribution in [0.1, 0.15) is 0 Å². The maximum atomic E-state index is 8.82. The molecule has 6 heavy (non-hydrogen) atoms. The SMILES string of the molecule is [CH3-].[CH3-].[O]=[Nb]([OH])[OH]. The molecule has 0 heterocycles. The molecule has 0 aromatic carbocycles. The molecule has 0 saturated heterocycles. The second-order valence-corrected chi connectivity index (χ2v) is 1.50. The second kappa shape index (κ2) is 9.07. The molecule has 0 spiro atoms. The first kappa shape index (κ1) is 16.1. The van der Waals surface area contributed by atoms with Crippen LogP contribution in [0, 0.1) is 14.9 Å². The summed E-state index contributed by atoms with van der Waals surface area (Å²) in [5.41, 5.74) is 0. The molecule has 2 N–H and O–H groups in total. The van der Waals surface area contributed by atoms with Gasteiger partial charge in [0, 0.05) is 0 Å². The molecule has 0 aliphatic heterocycles. The molecule has 0 radical (unpaired) electrons. The summed E-state index contributed by atoms with van der Waals surface area (Å²) >= 11 is -3.70. The third-order valence-electron chi connectivity index (χ3n) is 0. The van der Waals surface area contributed by atoms with E-state index in [1.54, 1.807) is 0 Å². The molecular weight excluding hydrogens is 165 g/mol. The van der Waals surface area contributed by atoms with Crippen LogP contribution in [0.3, 0.4) is 0 Å². The molecular formula is C2H8NbO3-2. The third-order valence-corrected chi connectivity index (χ3v) is 0. The van der Waals surface area contributed by atoms with Gasteiger partial charge in [0.25, 0.3) is 0 Å². The van der Waals surface area contributed by atoms with Gasteiger partial charge in [-0.25, -0.2) is 0 Å². The summed E-state index contributed by atoms with van der Waals surface area (Å²) in [5, 5.41) is 0. The van der Waals surface area contributed by atoms with Crippen molar-refractivity contribution in [3.05, 3.63) is 14.9 Å². The molecule has 4 heteroatoms. The second-order valence-electron chi connectivity index (χ2n) is 0.253. The van der Waals surface area contributed by atoms with Crippen LogP contribution in [0.25, 0.3) is 0 Å².